The third-order valence-electron chi connectivity index (χ3n) is 4.23. The summed E-state index contributed by atoms with van der Waals surface area (Å²) in [5.74, 6) is -0.917. The van der Waals surface area contributed by atoms with Crippen molar-refractivity contribution < 1.29 is 27.9 Å². The van der Waals surface area contributed by atoms with Gasteiger partial charge in [0.25, 0.3) is 0 Å². The molecule has 1 fully saturated rings. The summed E-state index contributed by atoms with van der Waals surface area (Å²) in [4.78, 5) is 24.9. The van der Waals surface area contributed by atoms with Crippen molar-refractivity contribution in [2.45, 2.75) is 25.4 Å². The van der Waals surface area contributed by atoms with E-state index in [1.165, 1.54) is 0 Å². The number of amides is 1. The van der Waals surface area contributed by atoms with E-state index in [4.69, 9.17) is 9.84 Å². The van der Waals surface area contributed by atoms with Crippen LogP contribution in [0.5, 0.6) is 0 Å². The van der Waals surface area contributed by atoms with Crippen molar-refractivity contribution in [3.05, 3.63) is 12.2 Å². The van der Waals surface area contributed by atoms with Gasteiger partial charge in [0.05, 0.1) is 19.0 Å². The predicted molar refractivity (Wildman–Crippen MR) is 86.9 cm³/mol. The molecule has 2 atom stereocenters. The Labute approximate surface area is 142 Å². The molecule has 24 heavy (non-hydrogen) atoms. The maximum atomic E-state index is 12.4. The molecule has 0 radical (unpaired) electrons. The second-order valence-electron chi connectivity index (χ2n) is 6.25. The van der Waals surface area contributed by atoms with Gasteiger partial charge in [0, 0.05) is 26.1 Å². The molecule has 1 aliphatic carbocycles. The Hall–Kier alpha value is -1.45. The fourth-order valence-corrected chi connectivity index (χ4v) is 3.75. The molecule has 8 nitrogen and oxygen atoms in total. The van der Waals surface area contributed by atoms with Crippen molar-refractivity contribution in [3.8, 4) is 0 Å². The van der Waals surface area contributed by atoms with Crippen LogP contribution in [0.3, 0.4) is 0 Å². The average molecular weight is 360 g/mol. The lowest BCUT2D eigenvalue weighted by Gasteiger charge is -2.35. The number of allylic oxidation sites excluding steroid dienone is 2. The van der Waals surface area contributed by atoms with E-state index >= 15 is 0 Å². The van der Waals surface area contributed by atoms with Crippen LogP contribution in [0.25, 0.3) is 0 Å². The number of nitrogens with zero attached hydrogens (tertiary/aromatic N) is 2. The molecule has 0 saturated carbocycles. The smallest absolute Gasteiger partial charge is 0.318 e. The molecule has 9 heteroatoms. The van der Waals surface area contributed by atoms with Crippen LogP contribution < -0.4 is 0 Å². The highest BCUT2D eigenvalue weighted by Gasteiger charge is 2.30. The van der Waals surface area contributed by atoms with Gasteiger partial charge in [-0.3, -0.25) is 9.59 Å². The van der Waals surface area contributed by atoms with Gasteiger partial charge in [-0.15, -0.1) is 0 Å². The number of rotatable bonds is 7. The first kappa shape index (κ1) is 18.9. The molecular formula is C15H24N2O6S. The summed E-state index contributed by atoms with van der Waals surface area (Å²) in [6.07, 6.45) is 7.03. The van der Waals surface area contributed by atoms with Crippen LogP contribution in [0.2, 0.25) is 0 Å². The van der Waals surface area contributed by atoms with Crippen LogP contribution >= 0.6 is 0 Å². The van der Waals surface area contributed by atoms with Gasteiger partial charge in [0.2, 0.25) is 15.9 Å². The number of hydrogen-bond acceptors (Lipinski definition) is 5. The number of hydrogen-bond donors (Lipinski definition) is 1. The molecule has 1 amide bonds. The third kappa shape index (κ3) is 5.57. The second-order valence-corrected chi connectivity index (χ2v) is 8.23. The minimum absolute atomic E-state index is 0.0315. The van der Waals surface area contributed by atoms with Crippen molar-refractivity contribution in [3.63, 3.8) is 0 Å². The summed E-state index contributed by atoms with van der Waals surface area (Å²) >= 11 is 0. The molecule has 1 aliphatic heterocycles. The fourth-order valence-electron chi connectivity index (χ4n) is 2.97. The van der Waals surface area contributed by atoms with Crippen molar-refractivity contribution in [2.75, 3.05) is 39.0 Å². The van der Waals surface area contributed by atoms with E-state index in [0.29, 0.717) is 19.6 Å². The second kappa shape index (κ2) is 8.09. The number of ether oxygens (including phenoxy) is 1. The lowest BCUT2D eigenvalue weighted by Crippen LogP contribution is -2.51. The predicted octanol–water partition coefficient (Wildman–Crippen LogP) is -0.0837. The minimum Gasteiger partial charge on any atom is -0.480 e. The van der Waals surface area contributed by atoms with E-state index in [1.54, 1.807) is 4.90 Å². The molecule has 2 unspecified atom stereocenters. The quantitative estimate of drug-likeness (QED) is 0.637. The van der Waals surface area contributed by atoms with Gasteiger partial charge in [0.15, 0.2) is 0 Å². The van der Waals surface area contributed by atoms with Crippen molar-refractivity contribution >= 4 is 21.9 Å². The Morgan fingerprint density at radius 2 is 2.17 bits per heavy atom. The van der Waals surface area contributed by atoms with E-state index < -0.39 is 28.6 Å². The zero-order chi connectivity index (χ0) is 17.7. The summed E-state index contributed by atoms with van der Waals surface area (Å²) < 4.78 is 29.8. The third-order valence-corrected chi connectivity index (χ3v) is 5.44. The maximum absolute atomic E-state index is 12.4. The lowest BCUT2D eigenvalue weighted by molar-refractivity contribution is -0.141. The van der Waals surface area contributed by atoms with Crippen molar-refractivity contribution in [1.29, 1.82) is 0 Å². The first-order chi connectivity index (χ1) is 11.3. The van der Waals surface area contributed by atoms with Crippen molar-refractivity contribution in [2.24, 2.45) is 5.92 Å². The van der Waals surface area contributed by atoms with Crippen LogP contribution in [-0.2, 0) is 24.3 Å². The molecular weight excluding hydrogens is 336 g/mol. The molecule has 2 aliphatic rings. The van der Waals surface area contributed by atoms with Crippen LogP contribution in [0.15, 0.2) is 12.2 Å². The van der Waals surface area contributed by atoms with Gasteiger partial charge < -0.3 is 14.7 Å². The molecule has 1 heterocycles. The molecule has 0 aromatic rings. The molecule has 2 rings (SSSR count). The molecule has 0 aromatic carbocycles. The molecule has 136 valence electrons. The van der Waals surface area contributed by atoms with Gasteiger partial charge in [-0.25, -0.2) is 8.42 Å². The van der Waals surface area contributed by atoms with Crippen LogP contribution in [0.4, 0.5) is 0 Å². The molecule has 0 spiro atoms. The molecule has 0 bridgehead atoms. The summed E-state index contributed by atoms with van der Waals surface area (Å²) in [6.45, 7) is 0.393. The van der Waals surface area contributed by atoms with Gasteiger partial charge in [-0.05, 0) is 18.8 Å². The van der Waals surface area contributed by atoms with Gasteiger partial charge >= 0.3 is 5.97 Å². The number of aliphatic carboxylic acids is 1. The monoisotopic (exact) mass is 360 g/mol. The lowest BCUT2D eigenvalue weighted by atomic mass is 10.0. The Morgan fingerprint density at radius 3 is 2.75 bits per heavy atom. The molecule has 0 aromatic heterocycles. The zero-order valence-corrected chi connectivity index (χ0v) is 14.6. The van der Waals surface area contributed by atoms with Gasteiger partial charge in [-0.2, -0.15) is 4.31 Å². The summed E-state index contributed by atoms with van der Waals surface area (Å²) in [5.41, 5.74) is 0. The topological polar surface area (TPSA) is 104 Å². The number of carboxylic acid groups (broad SMARTS) is 1. The highest BCUT2D eigenvalue weighted by atomic mass is 32.2. The average Bonchev–Trinajstić information content (AvgIpc) is 2.98. The number of carboxylic acids is 1. The summed E-state index contributed by atoms with van der Waals surface area (Å²) in [6, 6.07) is 0. The van der Waals surface area contributed by atoms with Crippen LogP contribution in [0, 0.1) is 5.92 Å². The minimum atomic E-state index is -3.66. The first-order valence-electron chi connectivity index (χ1n) is 7.98. The Balaban J connectivity index is 1.92. The van der Waals surface area contributed by atoms with E-state index in [-0.39, 0.29) is 24.9 Å². The Kier molecular flexibility index (Phi) is 6.36. The normalized spacial score (nSPS) is 24.5. The molecule has 1 N–H and O–H groups in total. The number of sulfonamides is 1. The Morgan fingerprint density at radius 1 is 1.42 bits per heavy atom. The van der Waals surface area contributed by atoms with Gasteiger partial charge in [0.1, 0.15) is 6.54 Å². The van der Waals surface area contributed by atoms with Gasteiger partial charge in [-0.1, -0.05) is 12.2 Å². The maximum Gasteiger partial charge on any atom is 0.318 e. The highest BCUT2D eigenvalue weighted by molar-refractivity contribution is 7.88. The summed E-state index contributed by atoms with van der Waals surface area (Å²) in [7, 11) is -3.66. The standard InChI is InChI=1S/C15H24N2O6S/c1-24(21,22)17(11-15(19)20)10-13-9-16(6-7-23-13)14(18)8-12-4-2-3-5-12/h2,4,12-13H,3,5-11H2,1H3,(H,19,20). The van der Waals surface area contributed by atoms with E-state index in [2.05, 4.69) is 12.2 Å². The Bertz CT molecular complexity index is 603. The fraction of sp³-hybridized carbons (Fsp3) is 0.733. The highest BCUT2D eigenvalue weighted by Crippen LogP contribution is 2.22. The van der Waals surface area contributed by atoms with Crippen LogP contribution in [-0.4, -0.2) is 79.8 Å². The van der Waals surface area contributed by atoms with E-state index in [0.717, 1.165) is 23.4 Å². The zero-order valence-electron chi connectivity index (χ0n) is 13.8. The van der Waals surface area contributed by atoms with Crippen LogP contribution in [0.1, 0.15) is 19.3 Å². The molecule has 1 saturated heterocycles. The SMILES string of the molecule is CS(=O)(=O)N(CC(=O)O)CC1CN(C(=O)CC2C=CCC2)CCO1. The van der Waals surface area contributed by atoms with E-state index in [1.807, 2.05) is 0 Å². The summed E-state index contributed by atoms with van der Waals surface area (Å²) in [5, 5.41) is 8.86. The largest absolute Gasteiger partial charge is 0.480 e. The number of carbonyl (C=O) groups is 2. The van der Waals surface area contributed by atoms with Crippen molar-refractivity contribution in [1.82, 2.24) is 9.21 Å². The van der Waals surface area contributed by atoms with E-state index in [9.17, 15) is 18.0 Å². The number of morpholine rings is 1. The number of carbonyl (C=O) groups excluding carboxylic acids is 1. The first-order valence-corrected chi connectivity index (χ1v) is 9.83.